The van der Waals surface area contributed by atoms with E-state index in [0.717, 1.165) is 0 Å². The number of nitrogens with one attached hydrogen (secondary N) is 1. The molecule has 4 nitrogen and oxygen atoms in total. The Hall–Kier alpha value is -0.310. The molecule has 6 heteroatoms. The molecule has 0 aromatic heterocycles. The van der Waals surface area contributed by atoms with Crippen LogP contribution < -0.4 is 4.72 Å². The Bertz CT molecular complexity index is 231. The summed E-state index contributed by atoms with van der Waals surface area (Å²) in [6.45, 7) is 0.162. The molecule has 0 heterocycles. The smallest absolute Gasteiger partial charge is 0.212 e. The van der Waals surface area contributed by atoms with Crippen molar-refractivity contribution in [3.63, 3.8) is 0 Å². The molecule has 0 unspecified atom stereocenters. The summed E-state index contributed by atoms with van der Waals surface area (Å²) >= 11 is 5.21. The third-order valence-electron chi connectivity index (χ3n) is 0.905. The van der Waals surface area contributed by atoms with Gasteiger partial charge in [0, 0.05) is 18.8 Å². The number of hydrogen-bond donors (Lipinski definition) is 1. The molecule has 1 N–H and O–H groups in total. The number of rotatable bonds is 5. The lowest BCUT2D eigenvalue weighted by Crippen LogP contribution is -2.27. The monoisotopic (exact) mass is 196 g/mol. The Balaban J connectivity index is 3.67. The summed E-state index contributed by atoms with van der Waals surface area (Å²) in [5.41, 5.74) is 0. The van der Waals surface area contributed by atoms with Crippen molar-refractivity contribution in [3.8, 4) is 6.07 Å². The van der Waals surface area contributed by atoms with E-state index in [2.05, 4.69) is 4.72 Å². The van der Waals surface area contributed by atoms with E-state index in [9.17, 15) is 8.42 Å². The first-order valence-corrected chi connectivity index (χ1v) is 5.21. The van der Waals surface area contributed by atoms with E-state index in [1.54, 1.807) is 0 Å². The van der Waals surface area contributed by atoms with Gasteiger partial charge in [-0.3, -0.25) is 0 Å². The Labute approximate surface area is 71.2 Å². The first kappa shape index (κ1) is 10.7. The van der Waals surface area contributed by atoms with Crippen LogP contribution in [-0.2, 0) is 10.0 Å². The minimum atomic E-state index is -3.24. The second-order valence-corrected chi connectivity index (χ2v) is 4.11. The summed E-state index contributed by atoms with van der Waals surface area (Å²) in [7, 11) is -3.24. The molecule has 0 aliphatic heterocycles. The van der Waals surface area contributed by atoms with Crippen LogP contribution in [0.3, 0.4) is 0 Å². The number of nitriles is 1. The Morgan fingerprint density at radius 1 is 1.55 bits per heavy atom. The highest BCUT2D eigenvalue weighted by molar-refractivity contribution is 7.89. The van der Waals surface area contributed by atoms with Gasteiger partial charge < -0.3 is 0 Å². The van der Waals surface area contributed by atoms with E-state index in [1.807, 2.05) is 6.07 Å². The molecule has 0 spiro atoms. The molecule has 0 rings (SSSR count). The molecule has 64 valence electrons. The average Bonchev–Trinajstić information content (AvgIpc) is 1.87. The van der Waals surface area contributed by atoms with Crippen molar-refractivity contribution in [1.29, 1.82) is 5.26 Å². The van der Waals surface area contributed by atoms with Crippen molar-refractivity contribution in [2.75, 3.05) is 18.2 Å². The minimum absolute atomic E-state index is 0.0713. The zero-order chi connectivity index (χ0) is 8.74. The summed E-state index contributed by atoms with van der Waals surface area (Å²) in [6.07, 6.45) is 0.182. The molecule has 11 heavy (non-hydrogen) atoms. The highest BCUT2D eigenvalue weighted by Gasteiger charge is 2.06. The normalized spacial score (nSPS) is 10.9. The molecule has 0 atom stereocenters. The van der Waals surface area contributed by atoms with Crippen LogP contribution in [0, 0.1) is 11.3 Å². The van der Waals surface area contributed by atoms with Crippen LogP contribution in [0.15, 0.2) is 0 Å². The van der Waals surface area contributed by atoms with Crippen LogP contribution >= 0.6 is 11.6 Å². The number of hydrogen-bond acceptors (Lipinski definition) is 3. The van der Waals surface area contributed by atoms with E-state index in [1.165, 1.54) is 0 Å². The summed E-state index contributed by atoms with van der Waals surface area (Å²) in [4.78, 5) is 0. The van der Waals surface area contributed by atoms with Gasteiger partial charge in [-0.2, -0.15) is 5.26 Å². The van der Waals surface area contributed by atoms with E-state index < -0.39 is 10.0 Å². The lowest BCUT2D eigenvalue weighted by molar-refractivity contribution is 0.584. The fourth-order valence-electron chi connectivity index (χ4n) is 0.436. The maximum absolute atomic E-state index is 10.8. The largest absolute Gasteiger partial charge is 0.214 e. The molecule has 0 aliphatic carbocycles. The average molecular weight is 197 g/mol. The van der Waals surface area contributed by atoms with Crippen LogP contribution in [0.5, 0.6) is 0 Å². The van der Waals surface area contributed by atoms with Gasteiger partial charge in [-0.05, 0) is 0 Å². The number of halogens is 1. The molecule has 0 radical (unpaired) electrons. The zero-order valence-corrected chi connectivity index (χ0v) is 7.45. The lowest BCUT2D eigenvalue weighted by Gasteiger charge is -2.00. The molecule has 0 saturated carbocycles. The molecule has 0 amide bonds. The standard InChI is InChI=1S/C5H9ClN2O2S/c6-2-5-11(9,10)8-4-1-3-7/h8H,1-2,4-5H2. The summed E-state index contributed by atoms with van der Waals surface area (Å²) in [5.74, 6) is -0.0259. The molecule has 0 bridgehead atoms. The van der Waals surface area contributed by atoms with Gasteiger partial charge in [-0.25, -0.2) is 13.1 Å². The molecule has 0 aliphatic rings. The van der Waals surface area contributed by atoms with Crippen molar-refractivity contribution in [3.05, 3.63) is 0 Å². The predicted octanol–water partition coefficient (Wildman–Crippen LogP) is 0.0583. The summed E-state index contributed by atoms with van der Waals surface area (Å²) in [6, 6.07) is 1.82. The molecule has 0 aromatic rings. The Morgan fingerprint density at radius 2 is 2.18 bits per heavy atom. The first-order chi connectivity index (χ1) is 5.12. The van der Waals surface area contributed by atoms with E-state index >= 15 is 0 Å². The number of alkyl halides is 1. The summed E-state index contributed by atoms with van der Waals surface area (Å²) in [5, 5.41) is 8.08. The maximum atomic E-state index is 10.8. The fourth-order valence-corrected chi connectivity index (χ4v) is 1.81. The van der Waals surface area contributed by atoms with Crippen molar-refractivity contribution in [2.24, 2.45) is 0 Å². The lowest BCUT2D eigenvalue weighted by atomic mass is 10.5. The van der Waals surface area contributed by atoms with Gasteiger partial charge in [0.2, 0.25) is 10.0 Å². The van der Waals surface area contributed by atoms with Crippen molar-refractivity contribution >= 4 is 21.6 Å². The number of nitrogens with zero attached hydrogens (tertiary/aromatic N) is 1. The van der Waals surface area contributed by atoms with Gasteiger partial charge in [0.05, 0.1) is 11.8 Å². The quantitative estimate of drug-likeness (QED) is 0.499. The summed E-state index contributed by atoms with van der Waals surface area (Å²) < 4.78 is 23.8. The zero-order valence-electron chi connectivity index (χ0n) is 5.88. The molecule has 0 fully saturated rings. The molecular formula is C5H9ClN2O2S. The third-order valence-corrected chi connectivity index (χ3v) is 2.70. The van der Waals surface area contributed by atoms with Gasteiger partial charge in [0.25, 0.3) is 0 Å². The van der Waals surface area contributed by atoms with Crippen LogP contribution in [-0.4, -0.2) is 26.6 Å². The molecule has 0 aromatic carbocycles. The van der Waals surface area contributed by atoms with Crippen molar-refractivity contribution in [2.45, 2.75) is 6.42 Å². The maximum Gasteiger partial charge on any atom is 0.212 e. The Kier molecular flexibility index (Phi) is 5.20. The van der Waals surface area contributed by atoms with E-state index in [4.69, 9.17) is 16.9 Å². The highest BCUT2D eigenvalue weighted by Crippen LogP contribution is 1.86. The minimum Gasteiger partial charge on any atom is -0.214 e. The molecule has 0 saturated heterocycles. The van der Waals surface area contributed by atoms with Crippen molar-refractivity contribution < 1.29 is 8.42 Å². The SMILES string of the molecule is N#CCCNS(=O)(=O)CCCl. The van der Waals surface area contributed by atoms with Crippen LogP contribution in [0.2, 0.25) is 0 Å². The Morgan fingerprint density at radius 3 is 2.64 bits per heavy atom. The first-order valence-electron chi connectivity index (χ1n) is 3.02. The second kappa shape index (κ2) is 5.35. The third kappa shape index (κ3) is 6.10. The van der Waals surface area contributed by atoms with E-state index in [0.29, 0.717) is 0 Å². The van der Waals surface area contributed by atoms with Gasteiger partial charge in [-0.15, -0.1) is 11.6 Å². The van der Waals surface area contributed by atoms with Crippen LogP contribution in [0.25, 0.3) is 0 Å². The van der Waals surface area contributed by atoms with Crippen LogP contribution in [0.4, 0.5) is 0 Å². The molecular weight excluding hydrogens is 188 g/mol. The number of sulfonamides is 1. The van der Waals surface area contributed by atoms with Crippen LogP contribution in [0.1, 0.15) is 6.42 Å². The predicted molar refractivity (Wildman–Crippen MR) is 42.7 cm³/mol. The van der Waals surface area contributed by atoms with Gasteiger partial charge in [0.15, 0.2) is 0 Å². The van der Waals surface area contributed by atoms with Crippen molar-refractivity contribution in [1.82, 2.24) is 4.72 Å². The fraction of sp³-hybridized carbons (Fsp3) is 0.800. The second-order valence-electron chi connectivity index (χ2n) is 1.81. The van der Waals surface area contributed by atoms with E-state index in [-0.39, 0.29) is 24.6 Å². The van der Waals surface area contributed by atoms with Gasteiger partial charge in [-0.1, -0.05) is 0 Å². The topological polar surface area (TPSA) is 70.0 Å². The van der Waals surface area contributed by atoms with Gasteiger partial charge >= 0.3 is 0 Å². The van der Waals surface area contributed by atoms with Gasteiger partial charge in [0.1, 0.15) is 0 Å². The highest BCUT2D eigenvalue weighted by atomic mass is 35.5.